The van der Waals surface area contributed by atoms with Crippen LogP contribution in [0.4, 0.5) is 0 Å². The molecule has 0 atom stereocenters. The highest BCUT2D eigenvalue weighted by Gasteiger charge is 2.31. The SMILES string of the molecule is CCn1ccc(C(=O)N2CCN(S(=O)(=O)c3cc(C)ccc3C)CC2)n1. The third kappa shape index (κ3) is 3.52. The molecule has 1 aromatic carbocycles. The van der Waals surface area contributed by atoms with E-state index < -0.39 is 10.0 Å². The number of sulfonamides is 1. The predicted octanol–water partition coefficient (Wildman–Crippen LogP) is 1.67. The highest BCUT2D eigenvalue weighted by Crippen LogP contribution is 2.22. The van der Waals surface area contributed by atoms with Crippen molar-refractivity contribution in [2.24, 2.45) is 0 Å². The fourth-order valence-electron chi connectivity index (χ4n) is 3.07. The molecule has 0 bridgehead atoms. The molecule has 1 aromatic heterocycles. The molecule has 0 N–H and O–H groups in total. The third-order valence-electron chi connectivity index (χ3n) is 4.67. The molecule has 26 heavy (non-hydrogen) atoms. The summed E-state index contributed by atoms with van der Waals surface area (Å²) in [6, 6.07) is 7.14. The Morgan fingerprint density at radius 3 is 2.42 bits per heavy atom. The van der Waals surface area contributed by atoms with Gasteiger partial charge in [-0.1, -0.05) is 12.1 Å². The van der Waals surface area contributed by atoms with Crippen molar-refractivity contribution in [1.29, 1.82) is 0 Å². The van der Waals surface area contributed by atoms with E-state index in [1.54, 1.807) is 34.8 Å². The second kappa shape index (κ2) is 7.20. The summed E-state index contributed by atoms with van der Waals surface area (Å²) in [4.78, 5) is 14.5. The fourth-order valence-corrected chi connectivity index (χ4v) is 4.80. The molecule has 3 rings (SSSR count). The van der Waals surface area contributed by atoms with Gasteiger partial charge in [0.25, 0.3) is 5.91 Å². The van der Waals surface area contributed by atoms with Gasteiger partial charge in [-0.3, -0.25) is 9.48 Å². The number of carbonyl (C=O) groups excluding carboxylic acids is 1. The van der Waals surface area contributed by atoms with Crippen LogP contribution in [0.1, 0.15) is 28.5 Å². The van der Waals surface area contributed by atoms with Crippen LogP contribution in [0.3, 0.4) is 0 Å². The lowest BCUT2D eigenvalue weighted by Crippen LogP contribution is -2.50. The standard InChI is InChI=1S/C18H24N4O3S/c1-4-21-8-7-16(19-21)18(23)20-9-11-22(12-10-20)26(24,25)17-13-14(2)5-6-15(17)3/h5-8,13H,4,9-12H2,1-3H3. The molecule has 2 heterocycles. The van der Waals surface area contributed by atoms with Gasteiger partial charge in [-0.25, -0.2) is 8.42 Å². The molecule has 1 saturated heterocycles. The smallest absolute Gasteiger partial charge is 0.274 e. The van der Waals surface area contributed by atoms with Gasteiger partial charge in [0.15, 0.2) is 0 Å². The van der Waals surface area contributed by atoms with E-state index in [0.29, 0.717) is 30.2 Å². The average molecular weight is 376 g/mol. The average Bonchev–Trinajstić information content (AvgIpc) is 3.12. The van der Waals surface area contributed by atoms with E-state index in [9.17, 15) is 13.2 Å². The van der Waals surface area contributed by atoms with Crippen LogP contribution in [0, 0.1) is 13.8 Å². The first kappa shape index (κ1) is 18.6. The van der Waals surface area contributed by atoms with Crippen molar-refractivity contribution in [1.82, 2.24) is 19.0 Å². The van der Waals surface area contributed by atoms with Crippen LogP contribution in [-0.2, 0) is 16.6 Å². The third-order valence-corrected chi connectivity index (χ3v) is 6.71. The second-order valence-electron chi connectivity index (χ2n) is 6.52. The lowest BCUT2D eigenvalue weighted by atomic mass is 10.2. The summed E-state index contributed by atoms with van der Waals surface area (Å²) in [5.74, 6) is -0.152. The highest BCUT2D eigenvalue weighted by atomic mass is 32.2. The molecule has 0 saturated carbocycles. The normalized spacial score (nSPS) is 16.0. The van der Waals surface area contributed by atoms with Crippen LogP contribution in [0.5, 0.6) is 0 Å². The maximum absolute atomic E-state index is 13.0. The number of aromatic nitrogens is 2. The van der Waals surface area contributed by atoms with Gasteiger partial charge in [0.1, 0.15) is 5.69 Å². The number of hydrogen-bond donors (Lipinski definition) is 0. The van der Waals surface area contributed by atoms with Crippen LogP contribution >= 0.6 is 0 Å². The number of benzene rings is 1. The first-order valence-electron chi connectivity index (χ1n) is 8.73. The van der Waals surface area contributed by atoms with Gasteiger partial charge in [-0.2, -0.15) is 9.40 Å². The number of rotatable bonds is 4. The highest BCUT2D eigenvalue weighted by molar-refractivity contribution is 7.89. The Morgan fingerprint density at radius 2 is 1.81 bits per heavy atom. The summed E-state index contributed by atoms with van der Waals surface area (Å²) in [5, 5.41) is 4.23. The Bertz CT molecular complexity index is 912. The zero-order valence-corrected chi connectivity index (χ0v) is 16.2. The summed E-state index contributed by atoms with van der Waals surface area (Å²) in [7, 11) is -3.55. The zero-order chi connectivity index (χ0) is 18.9. The molecule has 2 aromatic rings. The summed E-state index contributed by atoms with van der Waals surface area (Å²) in [6.07, 6.45) is 1.77. The topological polar surface area (TPSA) is 75.5 Å². The first-order chi connectivity index (χ1) is 12.3. The van der Waals surface area contributed by atoms with Crippen LogP contribution in [0.15, 0.2) is 35.4 Å². The number of carbonyl (C=O) groups is 1. The predicted molar refractivity (Wildman–Crippen MR) is 98.5 cm³/mol. The number of piperazine rings is 1. The molecule has 7 nitrogen and oxygen atoms in total. The Labute approximate surface area is 154 Å². The molecule has 0 spiro atoms. The van der Waals surface area contributed by atoms with E-state index in [0.717, 1.165) is 11.1 Å². The van der Waals surface area contributed by atoms with Crippen molar-refractivity contribution in [3.05, 3.63) is 47.3 Å². The van der Waals surface area contributed by atoms with Crippen molar-refractivity contribution in [3.8, 4) is 0 Å². The lowest BCUT2D eigenvalue weighted by Gasteiger charge is -2.34. The molecule has 1 fully saturated rings. The molecular formula is C18H24N4O3S. The van der Waals surface area contributed by atoms with Gasteiger partial charge >= 0.3 is 0 Å². The number of hydrogen-bond acceptors (Lipinski definition) is 4. The number of amides is 1. The monoisotopic (exact) mass is 376 g/mol. The van der Waals surface area contributed by atoms with Crippen molar-refractivity contribution < 1.29 is 13.2 Å². The number of nitrogens with zero attached hydrogens (tertiary/aromatic N) is 4. The molecule has 0 aliphatic carbocycles. The molecule has 1 aliphatic heterocycles. The van der Waals surface area contributed by atoms with E-state index in [1.165, 1.54) is 4.31 Å². The fraction of sp³-hybridized carbons (Fsp3) is 0.444. The first-order valence-corrected chi connectivity index (χ1v) is 10.2. The van der Waals surface area contributed by atoms with Crippen LogP contribution in [0.25, 0.3) is 0 Å². The minimum atomic E-state index is -3.55. The van der Waals surface area contributed by atoms with Gasteiger partial charge in [-0.15, -0.1) is 0 Å². The van der Waals surface area contributed by atoms with Crippen molar-refractivity contribution in [2.75, 3.05) is 26.2 Å². The molecule has 8 heteroatoms. The summed E-state index contributed by atoms with van der Waals surface area (Å²) in [5.41, 5.74) is 2.05. The number of aryl methyl sites for hydroxylation is 3. The van der Waals surface area contributed by atoms with Crippen molar-refractivity contribution >= 4 is 15.9 Å². The maximum atomic E-state index is 13.0. The van der Waals surface area contributed by atoms with E-state index in [-0.39, 0.29) is 19.0 Å². The molecule has 0 radical (unpaired) electrons. The van der Waals surface area contributed by atoms with Crippen LogP contribution < -0.4 is 0 Å². The van der Waals surface area contributed by atoms with Crippen LogP contribution in [-0.4, -0.2) is 59.5 Å². The maximum Gasteiger partial charge on any atom is 0.274 e. The minimum Gasteiger partial charge on any atom is -0.335 e. The molecule has 140 valence electrons. The van der Waals surface area contributed by atoms with E-state index in [4.69, 9.17) is 0 Å². The Balaban J connectivity index is 1.71. The molecule has 1 amide bonds. The minimum absolute atomic E-state index is 0.152. The Morgan fingerprint density at radius 1 is 1.12 bits per heavy atom. The van der Waals surface area contributed by atoms with Gasteiger partial charge in [0.05, 0.1) is 4.90 Å². The van der Waals surface area contributed by atoms with E-state index in [1.807, 2.05) is 26.0 Å². The van der Waals surface area contributed by atoms with Crippen molar-refractivity contribution in [3.63, 3.8) is 0 Å². The van der Waals surface area contributed by atoms with Crippen LogP contribution in [0.2, 0.25) is 0 Å². The van der Waals surface area contributed by atoms with Crippen molar-refractivity contribution in [2.45, 2.75) is 32.2 Å². The second-order valence-corrected chi connectivity index (χ2v) is 8.43. The van der Waals surface area contributed by atoms with E-state index >= 15 is 0 Å². The zero-order valence-electron chi connectivity index (χ0n) is 15.3. The summed E-state index contributed by atoms with van der Waals surface area (Å²) in [6.45, 7) is 7.64. The molecule has 0 unspecified atom stereocenters. The van der Waals surface area contributed by atoms with Gasteiger partial charge < -0.3 is 4.90 Å². The van der Waals surface area contributed by atoms with Gasteiger partial charge in [-0.05, 0) is 44.0 Å². The van der Waals surface area contributed by atoms with Gasteiger partial charge in [0.2, 0.25) is 10.0 Å². The van der Waals surface area contributed by atoms with Gasteiger partial charge in [0, 0.05) is 38.9 Å². The Kier molecular flexibility index (Phi) is 5.15. The lowest BCUT2D eigenvalue weighted by molar-refractivity contribution is 0.0691. The largest absolute Gasteiger partial charge is 0.335 e. The molecule has 1 aliphatic rings. The summed E-state index contributed by atoms with van der Waals surface area (Å²) >= 11 is 0. The molecular weight excluding hydrogens is 352 g/mol. The summed E-state index contributed by atoms with van der Waals surface area (Å²) < 4.78 is 29.1. The Hall–Kier alpha value is -2.19. The van der Waals surface area contributed by atoms with E-state index in [2.05, 4.69) is 5.10 Å². The quantitative estimate of drug-likeness (QED) is 0.813.